The lowest BCUT2D eigenvalue weighted by molar-refractivity contribution is 0.262. The summed E-state index contributed by atoms with van der Waals surface area (Å²) in [5, 5.41) is 0.600. The topological polar surface area (TPSA) is 61.9 Å². The van der Waals surface area contributed by atoms with Gasteiger partial charge in [-0.25, -0.2) is 13.1 Å². The van der Waals surface area contributed by atoms with Gasteiger partial charge in [0, 0.05) is 50.0 Å². The highest BCUT2D eigenvalue weighted by molar-refractivity contribution is 7.88. The van der Waals surface area contributed by atoms with E-state index in [1.165, 1.54) is 5.69 Å². The van der Waals surface area contributed by atoms with Gasteiger partial charge in [-0.2, -0.15) is 0 Å². The maximum absolute atomic E-state index is 12.2. The normalized spacial score (nSPS) is 15.6. The van der Waals surface area contributed by atoms with Crippen LogP contribution in [0.3, 0.4) is 0 Å². The molecule has 2 aromatic carbocycles. The first kappa shape index (κ1) is 20.9. The zero-order chi connectivity index (χ0) is 20.0. The first-order valence-corrected chi connectivity index (χ1v) is 11.3. The van der Waals surface area contributed by atoms with Gasteiger partial charge >= 0.3 is 0 Å². The van der Waals surface area contributed by atoms with E-state index in [1.54, 1.807) is 31.4 Å². The van der Waals surface area contributed by atoms with Crippen molar-refractivity contribution in [2.75, 3.05) is 51.3 Å². The minimum atomic E-state index is -3.35. The van der Waals surface area contributed by atoms with Crippen molar-refractivity contribution in [1.82, 2.24) is 9.62 Å². The molecule has 0 bridgehead atoms. The third-order valence-electron chi connectivity index (χ3n) is 4.83. The summed E-state index contributed by atoms with van der Waals surface area (Å²) in [6, 6.07) is 15.0. The van der Waals surface area contributed by atoms with Gasteiger partial charge < -0.3 is 9.64 Å². The van der Waals surface area contributed by atoms with Crippen LogP contribution < -0.4 is 14.4 Å². The fourth-order valence-electron chi connectivity index (χ4n) is 3.23. The number of hydrogen-bond acceptors (Lipinski definition) is 5. The number of rotatable bonds is 8. The Morgan fingerprint density at radius 2 is 1.64 bits per heavy atom. The Labute approximate surface area is 172 Å². The molecule has 8 heteroatoms. The van der Waals surface area contributed by atoms with Crippen LogP contribution in [0.5, 0.6) is 5.75 Å². The summed E-state index contributed by atoms with van der Waals surface area (Å²) in [7, 11) is -1.69. The van der Waals surface area contributed by atoms with Crippen LogP contribution in [-0.2, 0) is 15.8 Å². The van der Waals surface area contributed by atoms with Crippen molar-refractivity contribution < 1.29 is 13.2 Å². The summed E-state index contributed by atoms with van der Waals surface area (Å²) in [6.45, 7) is 4.78. The zero-order valence-corrected chi connectivity index (χ0v) is 17.5. The van der Waals surface area contributed by atoms with Crippen molar-refractivity contribution >= 4 is 27.3 Å². The molecule has 0 radical (unpaired) electrons. The molecule has 152 valence electrons. The van der Waals surface area contributed by atoms with Gasteiger partial charge in [0.05, 0.1) is 12.9 Å². The lowest BCUT2D eigenvalue weighted by atomic mass is 10.2. The Morgan fingerprint density at radius 3 is 2.25 bits per heavy atom. The molecule has 3 rings (SSSR count). The van der Waals surface area contributed by atoms with E-state index < -0.39 is 10.0 Å². The summed E-state index contributed by atoms with van der Waals surface area (Å²) in [5.41, 5.74) is 1.91. The maximum Gasteiger partial charge on any atom is 0.215 e. The second kappa shape index (κ2) is 9.60. The van der Waals surface area contributed by atoms with E-state index in [0.29, 0.717) is 18.1 Å². The number of nitrogens with zero attached hydrogens (tertiary/aromatic N) is 2. The first-order valence-electron chi connectivity index (χ1n) is 9.28. The molecule has 1 aliphatic heterocycles. The molecule has 1 heterocycles. The molecular weight excluding hydrogens is 398 g/mol. The van der Waals surface area contributed by atoms with E-state index in [9.17, 15) is 8.42 Å². The van der Waals surface area contributed by atoms with Crippen LogP contribution in [0.4, 0.5) is 5.69 Å². The second-order valence-electron chi connectivity index (χ2n) is 6.81. The Balaban J connectivity index is 1.40. The van der Waals surface area contributed by atoms with Crippen LogP contribution in [-0.4, -0.2) is 59.7 Å². The number of halogens is 1. The van der Waals surface area contributed by atoms with Gasteiger partial charge in [-0.1, -0.05) is 23.7 Å². The molecule has 0 aliphatic carbocycles. The number of sulfonamides is 1. The standard InChI is InChI=1S/C20H26ClN3O3S/c1-27-20-8-6-19(7-9-20)24-14-12-23(13-15-24)11-10-22-28(25,26)16-17-2-4-18(21)5-3-17/h2-9,22H,10-16H2,1H3. The number of nitrogens with one attached hydrogen (secondary N) is 1. The van der Waals surface area contributed by atoms with Crippen LogP contribution in [0.2, 0.25) is 5.02 Å². The monoisotopic (exact) mass is 423 g/mol. The lowest BCUT2D eigenvalue weighted by Gasteiger charge is -2.36. The Hall–Kier alpha value is -1.80. The molecule has 6 nitrogen and oxygen atoms in total. The summed E-state index contributed by atoms with van der Waals surface area (Å²) in [5.74, 6) is 0.823. The number of hydrogen-bond donors (Lipinski definition) is 1. The third-order valence-corrected chi connectivity index (χ3v) is 6.44. The van der Waals surface area contributed by atoms with E-state index in [4.69, 9.17) is 16.3 Å². The zero-order valence-electron chi connectivity index (χ0n) is 16.0. The molecule has 1 fully saturated rings. The quantitative estimate of drug-likeness (QED) is 0.707. The minimum absolute atomic E-state index is 0.0323. The number of anilines is 1. The fraction of sp³-hybridized carbons (Fsp3) is 0.400. The minimum Gasteiger partial charge on any atom is -0.497 e. The lowest BCUT2D eigenvalue weighted by Crippen LogP contribution is -2.48. The molecule has 1 aliphatic rings. The second-order valence-corrected chi connectivity index (χ2v) is 9.05. The van der Waals surface area contributed by atoms with Crippen molar-refractivity contribution in [2.24, 2.45) is 0 Å². The molecule has 0 atom stereocenters. The number of benzene rings is 2. The SMILES string of the molecule is COc1ccc(N2CCN(CCNS(=O)(=O)Cc3ccc(Cl)cc3)CC2)cc1. The van der Waals surface area contributed by atoms with E-state index in [2.05, 4.69) is 26.7 Å². The van der Waals surface area contributed by atoms with Crippen molar-refractivity contribution in [2.45, 2.75) is 5.75 Å². The smallest absolute Gasteiger partial charge is 0.215 e. The predicted molar refractivity (Wildman–Crippen MR) is 114 cm³/mol. The Kier molecular flexibility index (Phi) is 7.18. The van der Waals surface area contributed by atoms with Gasteiger partial charge in [-0.05, 0) is 42.0 Å². The molecule has 2 aromatic rings. The predicted octanol–water partition coefficient (Wildman–Crippen LogP) is 2.59. The molecule has 0 spiro atoms. The van der Waals surface area contributed by atoms with Gasteiger partial charge in [0.1, 0.15) is 5.75 Å². The summed E-state index contributed by atoms with van der Waals surface area (Å²) < 4.78 is 32.4. The highest BCUT2D eigenvalue weighted by Crippen LogP contribution is 2.20. The van der Waals surface area contributed by atoms with E-state index in [0.717, 1.165) is 37.5 Å². The molecule has 1 N–H and O–H groups in total. The van der Waals surface area contributed by atoms with Crippen molar-refractivity contribution in [3.63, 3.8) is 0 Å². The van der Waals surface area contributed by atoms with Gasteiger partial charge in [-0.15, -0.1) is 0 Å². The molecule has 28 heavy (non-hydrogen) atoms. The fourth-order valence-corrected chi connectivity index (χ4v) is 4.49. The number of ether oxygens (including phenoxy) is 1. The first-order chi connectivity index (χ1) is 13.4. The van der Waals surface area contributed by atoms with Crippen LogP contribution in [0.25, 0.3) is 0 Å². The third kappa shape index (κ3) is 6.10. The number of methoxy groups -OCH3 is 1. The highest BCUT2D eigenvalue weighted by Gasteiger charge is 2.18. The van der Waals surface area contributed by atoms with Gasteiger partial charge in [0.15, 0.2) is 0 Å². The van der Waals surface area contributed by atoms with Gasteiger partial charge in [0.25, 0.3) is 0 Å². The van der Waals surface area contributed by atoms with Gasteiger partial charge in [0.2, 0.25) is 10.0 Å². The van der Waals surface area contributed by atoms with Crippen LogP contribution >= 0.6 is 11.6 Å². The average molecular weight is 424 g/mol. The van der Waals surface area contributed by atoms with Crippen molar-refractivity contribution in [3.05, 3.63) is 59.1 Å². The Bertz CT molecular complexity index is 849. The molecule has 0 aromatic heterocycles. The summed E-state index contributed by atoms with van der Waals surface area (Å²) in [4.78, 5) is 4.62. The molecule has 0 unspecified atom stereocenters. The average Bonchev–Trinajstić information content (AvgIpc) is 2.70. The van der Waals surface area contributed by atoms with Crippen molar-refractivity contribution in [3.8, 4) is 5.75 Å². The van der Waals surface area contributed by atoms with E-state index in [-0.39, 0.29) is 5.75 Å². The summed E-state index contributed by atoms with van der Waals surface area (Å²) in [6.07, 6.45) is 0. The maximum atomic E-state index is 12.2. The molecular formula is C20H26ClN3O3S. The highest BCUT2D eigenvalue weighted by atomic mass is 35.5. The van der Waals surface area contributed by atoms with Crippen LogP contribution in [0, 0.1) is 0 Å². The van der Waals surface area contributed by atoms with Crippen LogP contribution in [0.1, 0.15) is 5.56 Å². The largest absolute Gasteiger partial charge is 0.497 e. The molecule has 0 amide bonds. The Morgan fingerprint density at radius 1 is 1.00 bits per heavy atom. The van der Waals surface area contributed by atoms with E-state index in [1.807, 2.05) is 12.1 Å². The summed E-state index contributed by atoms with van der Waals surface area (Å²) >= 11 is 5.84. The molecule has 0 saturated carbocycles. The van der Waals surface area contributed by atoms with Crippen molar-refractivity contribution in [1.29, 1.82) is 0 Å². The van der Waals surface area contributed by atoms with Gasteiger partial charge in [-0.3, -0.25) is 4.90 Å². The van der Waals surface area contributed by atoms with E-state index >= 15 is 0 Å². The van der Waals surface area contributed by atoms with Crippen LogP contribution in [0.15, 0.2) is 48.5 Å². The number of piperazine rings is 1. The molecule has 1 saturated heterocycles.